The highest BCUT2D eigenvalue weighted by molar-refractivity contribution is 6.31. The van der Waals surface area contributed by atoms with E-state index in [1.807, 2.05) is 0 Å². The van der Waals surface area contributed by atoms with Crippen LogP contribution in [0.1, 0.15) is 23.2 Å². The van der Waals surface area contributed by atoms with E-state index in [2.05, 4.69) is 5.32 Å². The molecule has 118 valence electrons. The van der Waals surface area contributed by atoms with Crippen molar-refractivity contribution in [3.05, 3.63) is 53.1 Å². The molecule has 1 heterocycles. The number of carbonyl (C=O) groups excluding carboxylic acids is 2. The van der Waals surface area contributed by atoms with Gasteiger partial charge in [-0.15, -0.1) is 0 Å². The number of benzene rings is 2. The minimum Gasteiger partial charge on any atom is -0.506 e. The van der Waals surface area contributed by atoms with E-state index in [9.17, 15) is 14.7 Å². The number of hydrogen-bond donors (Lipinski definition) is 2. The van der Waals surface area contributed by atoms with Crippen molar-refractivity contribution in [1.29, 1.82) is 0 Å². The summed E-state index contributed by atoms with van der Waals surface area (Å²) in [6.07, 6.45) is 1.42. The van der Waals surface area contributed by atoms with Gasteiger partial charge in [-0.2, -0.15) is 0 Å². The van der Waals surface area contributed by atoms with Crippen LogP contribution in [0.15, 0.2) is 42.5 Å². The van der Waals surface area contributed by atoms with Gasteiger partial charge in [0.2, 0.25) is 5.91 Å². The number of phenolic OH excluding ortho intramolecular Hbond substituents is 1. The molecule has 0 atom stereocenters. The third-order valence-electron chi connectivity index (χ3n) is 3.72. The lowest BCUT2D eigenvalue weighted by atomic mass is 10.1. The van der Waals surface area contributed by atoms with Gasteiger partial charge in [0.05, 0.1) is 5.69 Å². The molecule has 2 aromatic carbocycles. The number of amides is 2. The van der Waals surface area contributed by atoms with Gasteiger partial charge >= 0.3 is 0 Å². The number of hydrogen-bond acceptors (Lipinski definition) is 3. The van der Waals surface area contributed by atoms with Crippen molar-refractivity contribution >= 4 is 34.8 Å². The van der Waals surface area contributed by atoms with Gasteiger partial charge in [0, 0.05) is 29.2 Å². The van der Waals surface area contributed by atoms with Crippen LogP contribution in [0, 0.1) is 0 Å². The van der Waals surface area contributed by atoms with E-state index in [1.165, 1.54) is 18.2 Å². The van der Waals surface area contributed by atoms with Crippen molar-refractivity contribution in [3.63, 3.8) is 0 Å². The predicted octanol–water partition coefficient (Wildman–Crippen LogP) is 3.42. The van der Waals surface area contributed by atoms with E-state index >= 15 is 0 Å². The van der Waals surface area contributed by atoms with E-state index in [4.69, 9.17) is 11.6 Å². The Labute approximate surface area is 138 Å². The molecule has 2 amide bonds. The highest BCUT2D eigenvalue weighted by Crippen LogP contribution is 2.27. The molecular weight excluding hydrogens is 316 g/mol. The molecule has 2 aromatic rings. The summed E-state index contributed by atoms with van der Waals surface area (Å²) in [6.45, 7) is 0.709. The van der Waals surface area contributed by atoms with Gasteiger partial charge in [0.15, 0.2) is 0 Å². The summed E-state index contributed by atoms with van der Waals surface area (Å²) in [5.41, 5.74) is 1.47. The van der Waals surface area contributed by atoms with Crippen LogP contribution >= 0.6 is 11.6 Å². The first-order chi connectivity index (χ1) is 11.0. The standard InChI is InChI=1S/C17H15ClN2O3/c18-12-5-8-15(21)14(10-12)19-17(23)11-3-6-13(7-4-11)20-9-1-2-16(20)22/h3-8,10,21H,1-2,9H2,(H,19,23). The van der Waals surface area contributed by atoms with Crippen molar-refractivity contribution in [3.8, 4) is 5.75 Å². The molecule has 0 saturated carbocycles. The van der Waals surface area contributed by atoms with Crippen LogP contribution < -0.4 is 10.2 Å². The zero-order valence-electron chi connectivity index (χ0n) is 12.3. The fourth-order valence-electron chi connectivity index (χ4n) is 2.52. The van der Waals surface area contributed by atoms with Gasteiger partial charge in [-0.25, -0.2) is 0 Å². The van der Waals surface area contributed by atoms with Crippen molar-refractivity contribution in [2.75, 3.05) is 16.8 Å². The van der Waals surface area contributed by atoms with E-state index in [-0.39, 0.29) is 23.3 Å². The number of phenols is 1. The Hall–Kier alpha value is -2.53. The Morgan fingerprint density at radius 1 is 1.17 bits per heavy atom. The first kappa shape index (κ1) is 15.4. The minimum absolute atomic E-state index is 0.0537. The van der Waals surface area contributed by atoms with Gasteiger partial charge in [-0.05, 0) is 48.9 Å². The van der Waals surface area contributed by atoms with Crippen LogP contribution in [0.2, 0.25) is 5.02 Å². The second-order valence-corrected chi connectivity index (χ2v) is 5.75. The molecule has 3 rings (SSSR count). The summed E-state index contributed by atoms with van der Waals surface area (Å²) in [6, 6.07) is 11.2. The SMILES string of the molecule is O=C(Nc1cc(Cl)ccc1O)c1ccc(N2CCCC2=O)cc1. The maximum absolute atomic E-state index is 12.2. The molecule has 1 saturated heterocycles. The van der Waals surface area contributed by atoms with Crippen LogP contribution in [-0.2, 0) is 4.79 Å². The number of halogens is 1. The van der Waals surface area contributed by atoms with Gasteiger partial charge < -0.3 is 15.3 Å². The van der Waals surface area contributed by atoms with Crippen molar-refractivity contribution in [2.45, 2.75) is 12.8 Å². The molecule has 0 aliphatic carbocycles. The summed E-state index contributed by atoms with van der Waals surface area (Å²) < 4.78 is 0. The molecule has 0 aromatic heterocycles. The monoisotopic (exact) mass is 330 g/mol. The molecule has 6 heteroatoms. The average molecular weight is 331 g/mol. The Balaban J connectivity index is 1.75. The molecule has 5 nitrogen and oxygen atoms in total. The molecule has 1 aliphatic heterocycles. The molecule has 23 heavy (non-hydrogen) atoms. The van der Waals surface area contributed by atoms with Gasteiger partial charge in [-0.3, -0.25) is 9.59 Å². The zero-order chi connectivity index (χ0) is 16.4. The van der Waals surface area contributed by atoms with Gasteiger partial charge in [-0.1, -0.05) is 11.6 Å². The Morgan fingerprint density at radius 2 is 1.91 bits per heavy atom. The molecule has 0 radical (unpaired) electrons. The fraction of sp³-hybridized carbons (Fsp3) is 0.176. The highest BCUT2D eigenvalue weighted by Gasteiger charge is 2.21. The Bertz CT molecular complexity index is 759. The third kappa shape index (κ3) is 3.29. The lowest BCUT2D eigenvalue weighted by molar-refractivity contribution is -0.117. The minimum atomic E-state index is -0.359. The number of anilines is 2. The summed E-state index contributed by atoms with van der Waals surface area (Å²) in [7, 11) is 0. The molecule has 1 aliphatic rings. The normalized spacial score (nSPS) is 14.1. The molecule has 0 spiro atoms. The van der Waals surface area contributed by atoms with Gasteiger partial charge in [0.25, 0.3) is 5.91 Å². The second-order valence-electron chi connectivity index (χ2n) is 5.31. The van der Waals surface area contributed by atoms with E-state index in [0.717, 1.165) is 12.1 Å². The largest absolute Gasteiger partial charge is 0.506 e. The number of aromatic hydroxyl groups is 1. The first-order valence-corrected chi connectivity index (χ1v) is 7.63. The molecule has 1 fully saturated rings. The van der Waals surface area contributed by atoms with E-state index in [1.54, 1.807) is 29.2 Å². The van der Waals surface area contributed by atoms with E-state index in [0.29, 0.717) is 23.6 Å². The molecule has 0 unspecified atom stereocenters. The zero-order valence-corrected chi connectivity index (χ0v) is 13.0. The molecule has 0 bridgehead atoms. The number of rotatable bonds is 3. The number of nitrogens with zero attached hydrogens (tertiary/aromatic N) is 1. The topological polar surface area (TPSA) is 69.6 Å². The summed E-state index contributed by atoms with van der Waals surface area (Å²) in [5, 5.41) is 12.8. The third-order valence-corrected chi connectivity index (χ3v) is 3.96. The fourth-order valence-corrected chi connectivity index (χ4v) is 2.69. The maximum Gasteiger partial charge on any atom is 0.255 e. The quantitative estimate of drug-likeness (QED) is 0.847. The van der Waals surface area contributed by atoms with Crippen molar-refractivity contribution in [2.24, 2.45) is 0 Å². The van der Waals surface area contributed by atoms with Crippen LogP contribution in [-0.4, -0.2) is 23.5 Å². The van der Waals surface area contributed by atoms with Crippen molar-refractivity contribution in [1.82, 2.24) is 0 Å². The number of nitrogens with one attached hydrogen (secondary N) is 1. The lowest BCUT2D eigenvalue weighted by Crippen LogP contribution is -2.23. The Kier molecular flexibility index (Phi) is 4.21. The maximum atomic E-state index is 12.2. The van der Waals surface area contributed by atoms with Crippen LogP contribution in [0.25, 0.3) is 0 Å². The number of carbonyl (C=O) groups is 2. The summed E-state index contributed by atoms with van der Waals surface area (Å²) in [5.74, 6) is -0.310. The average Bonchev–Trinajstić information content (AvgIpc) is 2.97. The smallest absolute Gasteiger partial charge is 0.255 e. The Morgan fingerprint density at radius 3 is 2.57 bits per heavy atom. The molecule has 2 N–H and O–H groups in total. The van der Waals surface area contributed by atoms with Crippen LogP contribution in [0.5, 0.6) is 5.75 Å². The summed E-state index contributed by atoms with van der Waals surface area (Å²) in [4.78, 5) is 25.7. The first-order valence-electron chi connectivity index (χ1n) is 7.25. The second kappa shape index (κ2) is 6.30. The van der Waals surface area contributed by atoms with Gasteiger partial charge in [0.1, 0.15) is 5.75 Å². The van der Waals surface area contributed by atoms with Crippen LogP contribution in [0.4, 0.5) is 11.4 Å². The van der Waals surface area contributed by atoms with Crippen LogP contribution in [0.3, 0.4) is 0 Å². The molecular formula is C17H15ClN2O3. The highest BCUT2D eigenvalue weighted by atomic mass is 35.5. The van der Waals surface area contributed by atoms with Crippen molar-refractivity contribution < 1.29 is 14.7 Å². The summed E-state index contributed by atoms with van der Waals surface area (Å²) >= 11 is 5.85. The predicted molar refractivity (Wildman–Crippen MR) is 89.1 cm³/mol. The van der Waals surface area contributed by atoms with E-state index < -0.39 is 0 Å². The lowest BCUT2D eigenvalue weighted by Gasteiger charge is -2.16.